The van der Waals surface area contributed by atoms with Crippen LogP contribution in [-0.2, 0) is 10.0 Å². The van der Waals surface area contributed by atoms with Crippen molar-refractivity contribution in [1.82, 2.24) is 14.6 Å². The average molecular weight is 322 g/mol. The maximum atomic E-state index is 12.1. The number of nitrogen functional groups attached to an aromatic ring is 1. The van der Waals surface area contributed by atoms with E-state index in [0.29, 0.717) is 19.1 Å². The van der Waals surface area contributed by atoms with E-state index in [1.165, 1.54) is 12.3 Å². The van der Waals surface area contributed by atoms with E-state index in [1.807, 2.05) is 25.8 Å². The zero-order valence-electron chi connectivity index (χ0n) is 11.7. The summed E-state index contributed by atoms with van der Waals surface area (Å²) in [5.41, 5.74) is 2.28. The molecule has 4 N–H and O–H groups in total. The molecule has 114 valence electrons. The molecule has 0 spiro atoms. The molecular formula is C11H20ClN5O2S. The zero-order valence-corrected chi connectivity index (χ0v) is 13.3. The molecule has 0 unspecified atom stereocenters. The van der Waals surface area contributed by atoms with E-state index in [2.05, 4.69) is 15.1 Å². The first kappa shape index (κ1) is 17.1. The molecule has 1 aromatic rings. The molecule has 1 aromatic heterocycles. The number of nitrogens with two attached hydrogens (primary N) is 1. The SMILES string of the molecule is CC(C)N(C)CCNS(=O)(=O)c1cnc(NN)c(Cl)c1. The van der Waals surface area contributed by atoms with Crippen molar-refractivity contribution in [2.75, 3.05) is 25.6 Å². The molecule has 0 aliphatic rings. The van der Waals surface area contributed by atoms with Gasteiger partial charge in [0.2, 0.25) is 10.0 Å². The van der Waals surface area contributed by atoms with Crippen molar-refractivity contribution in [3.63, 3.8) is 0 Å². The van der Waals surface area contributed by atoms with E-state index < -0.39 is 10.0 Å². The summed E-state index contributed by atoms with van der Waals surface area (Å²) in [6.07, 6.45) is 1.20. The van der Waals surface area contributed by atoms with Gasteiger partial charge in [-0.1, -0.05) is 11.6 Å². The topological polar surface area (TPSA) is 100 Å². The van der Waals surface area contributed by atoms with Gasteiger partial charge in [0.05, 0.1) is 5.02 Å². The van der Waals surface area contributed by atoms with Gasteiger partial charge in [-0.15, -0.1) is 0 Å². The highest BCUT2D eigenvalue weighted by molar-refractivity contribution is 7.89. The second-order valence-corrected chi connectivity index (χ2v) is 6.79. The zero-order chi connectivity index (χ0) is 15.3. The van der Waals surface area contributed by atoms with Crippen LogP contribution in [0.3, 0.4) is 0 Å². The highest BCUT2D eigenvalue weighted by Gasteiger charge is 2.16. The van der Waals surface area contributed by atoms with Crippen LogP contribution < -0.4 is 16.0 Å². The predicted molar refractivity (Wildman–Crippen MR) is 80.0 cm³/mol. The van der Waals surface area contributed by atoms with Gasteiger partial charge in [-0.25, -0.2) is 24.0 Å². The smallest absolute Gasteiger partial charge is 0.242 e. The maximum Gasteiger partial charge on any atom is 0.242 e. The summed E-state index contributed by atoms with van der Waals surface area (Å²) in [5.74, 6) is 5.41. The second-order valence-electron chi connectivity index (χ2n) is 4.62. The van der Waals surface area contributed by atoms with E-state index >= 15 is 0 Å². The largest absolute Gasteiger partial charge is 0.307 e. The predicted octanol–water partition coefficient (Wildman–Crippen LogP) is 0.639. The molecule has 1 rings (SSSR count). The number of hydrazine groups is 1. The van der Waals surface area contributed by atoms with Gasteiger partial charge in [-0.05, 0) is 27.0 Å². The summed E-state index contributed by atoms with van der Waals surface area (Å²) in [6, 6.07) is 1.66. The quantitative estimate of drug-likeness (QED) is 0.503. The minimum Gasteiger partial charge on any atom is -0.307 e. The molecule has 0 radical (unpaired) electrons. The Bertz CT molecular complexity index is 550. The van der Waals surface area contributed by atoms with Gasteiger partial charge >= 0.3 is 0 Å². The minimum atomic E-state index is -3.62. The van der Waals surface area contributed by atoms with Gasteiger partial charge in [-0.2, -0.15) is 0 Å². The Labute approximate surface area is 124 Å². The lowest BCUT2D eigenvalue weighted by Gasteiger charge is -2.20. The van der Waals surface area contributed by atoms with Crippen molar-refractivity contribution < 1.29 is 8.42 Å². The van der Waals surface area contributed by atoms with Gasteiger partial charge in [0, 0.05) is 25.3 Å². The standard InChI is InChI=1S/C11H20ClN5O2S/c1-8(2)17(3)5-4-15-20(18,19)9-6-10(12)11(16-13)14-7-9/h6-8,15H,4-5,13H2,1-3H3,(H,14,16). The Balaban J connectivity index is 2.72. The van der Waals surface area contributed by atoms with Gasteiger partial charge in [0.15, 0.2) is 5.82 Å². The van der Waals surface area contributed by atoms with Crippen LogP contribution in [-0.4, -0.2) is 44.5 Å². The van der Waals surface area contributed by atoms with Crippen molar-refractivity contribution in [1.29, 1.82) is 0 Å². The number of nitrogens with zero attached hydrogens (tertiary/aromatic N) is 2. The molecular weight excluding hydrogens is 302 g/mol. The summed E-state index contributed by atoms with van der Waals surface area (Å²) >= 11 is 5.86. The molecule has 7 nitrogen and oxygen atoms in total. The average Bonchev–Trinajstić information content (AvgIpc) is 2.38. The molecule has 0 amide bonds. The van der Waals surface area contributed by atoms with E-state index in [0.717, 1.165) is 0 Å². The second kappa shape index (κ2) is 7.19. The van der Waals surface area contributed by atoms with E-state index in [1.54, 1.807) is 0 Å². The van der Waals surface area contributed by atoms with Crippen molar-refractivity contribution >= 4 is 27.4 Å². The highest BCUT2D eigenvalue weighted by atomic mass is 35.5. The molecule has 0 atom stereocenters. The number of rotatable bonds is 7. The number of hydrogen-bond donors (Lipinski definition) is 3. The third-order valence-corrected chi connectivity index (χ3v) is 4.62. The van der Waals surface area contributed by atoms with Crippen LogP contribution >= 0.6 is 11.6 Å². The minimum absolute atomic E-state index is 0.00806. The van der Waals surface area contributed by atoms with Crippen molar-refractivity contribution in [2.24, 2.45) is 5.84 Å². The van der Waals surface area contributed by atoms with Gasteiger partial charge < -0.3 is 10.3 Å². The Morgan fingerprint density at radius 3 is 2.65 bits per heavy atom. The molecule has 9 heteroatoms. The summed E-state index contributed by atoms with van der Waals surface area (Å²) in [4.78, 5) is 5.88. The Morgan fingerprint density at radius 1 is 1.50 bits per heavy atom. The van der Waals surface area contributed by atoms with Crippen LogP contribution in [0.15, 0.2) is 17.2 Å². The molecule has 0 aromatic carbocycles. The van der Waals surface area contributed by atoms with Crippen LogP contribution in [0.25, 0.3) is 0 Å². The monoisotopic (exact) mass is 321 g/mol. The number of sulfonamides is 1. The Morgan fingerprint density at radius 2 is 2.15 bits per heavy atom. The third-order valence-electron chi connectivity index (χ3n) is 2.90. The molecule has 20 heavy (non-hydrogen) atoms. The van der Waals surface area contributed by atoms with Crippen molar-refractivity contribution in [3.8, 4) is 0 Å². The number of halogens is 1. The lowest BCUT2D eigenvalue weighted by atomic mass is 10.3. The van der Waals surface area contributed by atoms with Gasteiger partial charge in [0.25, 0.3) is 0 Å². The highest BCUT2D eigenvalue weighted by Crippen LogP contribution is 2.21. The lowest BCUT2D eigenvalue weighted by Crippen LogP contribution is -2.36. The normalized spacial score (nSPS) is 12.2. The first-order valence-corrected chi connectivity index (χ1v) is 7.96. The van der Waals surface area contributed by atoms with Crippen LogP contribution in [0.2, 0.25) is 5.02 Å². The Kier molecular flexibility index (Phi) is 6.15. The molecule has 0 saturated heterocycles. The molecule has 0 fully saturated rings. The van der Waals surface area contributed by atoms with Crippen LogP contribution in [0, 0.1) is 0 Å². The number of likely N-dealkylation sites (N-methyl/N-ethyl adjacent to an activating group) is 1. The summed E-state index contributed by atoms with van der Waals surface area (Å²) in [6.45, 7) is 5.00. The van der Waals surface area contributed by atoms with Gasteiger partial charge in [-0.3, -0.25) is 0 Å². The van der Waals surface area contributed by atoms with Crippen molar-refractivity contribution in [2.45, 2.75) is 24.8 Å². The molecule has 1 heterocycles. The van der Waals surface area contributed by atoms with E-state index in [-0.39, 0.29) is 15.7 Å². The Hall–Kier alpha value is -0.930. The summed E-state index contributed by atoms with van der Waals surface area (Å²) < 4.78 is 26.6. The van der Waals surface area contributed by atoms with Crippen LogP contribution in [0.5, 0.6) is 0 Å². The van der Waals surface area contributed by atoms with Crippen LogP contribution in [0.4, 0.5) is 5.82 Å². The molecule has 0 aliphatic heterocycles. The van der Waals surface area contributed by atoms with Crippen molar-refractivity contribution in [3.05, 3.63) is 17.3 Å². The van der Waals surface area contributed by atoms with Crippen LogP contribution in [0.1, 0.15) is 13.8 Å². The maximum absolute atomic E-state index is 12.1. The first-order valence-electron chi connectivity index (χ1n) is 6.10. The number of hydrogen-bond acceptors (Lipinski definition) is 6. The number of anilines is 1. The third kappa shape index (κ3) is 4.57. The van der Waals surface area contributed by atoms with E-state index in [9.17, 15) is 8.42 Å². The summed E-state index contributed by atoms with van der Waals surface area (Å²) in [5, 5.41) is 0.148. The van der Waals surface area contributed by atoms with E-state index in [4.69, 9.17) is 17.4 Å². The van der Waals surface area contributed by atoms with Gasteiger partial charge in [0.1, 0.15) is 4.90 Å². The first-order chi connectivity index (χ1) is 9.27. The number of pyridine rings is 1. The fourth-order valence-electron chi connectivity index (χ4n) is 1.37. The number of aromatic nitrogens is 1. The molecule has 0 bridgehead atoms. The summed E-state index contributed by atoms with van der Waals surface area (Å²) in [7, 11) is -1.69. The number of nitrogens with one attached hydrogen (secondary N) is 2. The fraction of sp³-hybridized carbons (Fsp3) is 0.545. The molecule has 0 saturated carbocycles. The lowest BCUT2D eigenvalue weighted by molar-refractivity contribution is 0.278. The fourth-order valence-corrected chi connectivity index (χ4v) is 2.65. The molecule has 0 aliphatic carbocycles.